The van der Waals surface area contributed by atoms with Crippen molar-refractivity contribution in [2.45, 2.75) is 50.5 Å². The third-order valence-electron chi connectivity index (χ3n) is 4.89. The van der Waals surface area contributed by atoms with E-state index in [9.17, 15) is 0 Å². The first-order valence-electron chi connectivity index (χ1n) is 8.16. The van der Waals surface area contributed by atoms with E-state index in [2.05, 4.69) is 60.1 Å². The Morgan fingerprint density at radius 3 is 2.52 bits per heavy atom. The van der Waals surface area contributed by atoms with Crippen molar-refractivity contribution in [3.63, 3.8) is 0 Å². The van der Waals surface area contributed by atoms with E-state index in [4.69, 9.17) is 0 Å². The van der Waals surface area contributed by atoms with Crippen molar-refractivity contribution in [3.05, 3.63) is 58.3 Å². The summed E-state index contributed by atoms with van der Waals surface area (Å²) in [5, 5.41) is 6.05. The molecule has 21 heavy (non-hydrogen) atoms. The third kappa shape index (κ3) is 3.07. The van der Waals surface area contributed by atoms with E-state index in [-0.39, 0.29) is 0 Å². The molecule has 1 aromatic carbocycles. The average Bonchev–Trinajstić information content (AvgIpc) is 2.97. The lowest BCUT2D eigenvalue weighted by Gasteiger charge is -2.49. The zero-order chi connectivity index (χ0) is 14.5. The molecule has 0 radical (unpaired) electrons. The molecule has 1 fully saturated rings. The highest BCUT2D eigenvalue weighted by Gasteiger charge is 2.45. The molecule has 1 heterocycles. The molecule has 2 heteroatoms. The minimum atomic E-state index is 0.348. The summed E-state index contributed by atoms with van der Waals surface area (Å²) in [5.41, 5.74) is 1.88. The van der Waals surface area contributed by atoms with E-state index >= 15 is 0 Å². The fourth-order valence-electron chi connectivity index (χ4n) is 3.58. The van der Waals surface area contributed by atoms with Crippen molar-refractivity contribution < 1.29 is 0 Å². The lowest BCUT2D eigenvalue weighted by atomic mass is 9.59. The molecule has 3 rings (SSSR count). The van der Waals surface area contributed by atoms with Crippen LogP contribution in [-0.4, -0.2) is 12.6 Å². The molecule has 1 aromatic heterocycles. The van der Waals surface area contributed by atoms with E-state index in [0.29, 0.717) is 11.5 Å². The van der Waals surface area contributed by atoms with Gasteiger partial charge in [0.05, 0.1) is 0 Å². The Labute approximate surface area is 132 Å². The van der Waals surface area contributed by atoms with Crippen LogP contribution in [0, 0.1) is 0 Å². The van der Waals surface area contributed by atoms with E-state index in [1.54, 1.807) is 0 Å². The van der Waals surface area contributed by atoms with Gasteiger partial charge in [0.2, 0.25) is 0 Å². The average molecular weight is 299 g/mol. The largest absolute Gasteiger partial charge is 0.313 e. The van der Waals surface area contributed by atoms with Crippen molar-refractivity contribution in [3.8, 4) is 0 Å². The molecular weight excluding hydrogens is 274 g/mol. The summed E-state index contributed by atoms with van der Waals surface area (Å²) in [6.07, 6.45) is 6.37. The molecule has 0 aliphatic heterocycles. The Hall–Kier alpha value is -1.12. The molecule has 1 atom stereocenters. The first kappa shape index (κ1) is 14.8. The van der Waals surface area contributed by atoms with Gasteiger partial charge >= 0.3 is 0 Å². The van der Waals surface area contributed by atoms with Crippen LogP contribution in [0.1, 0.15) is 43.0 Å². The van der Waals surface area contributed by atoms with Crippen molar-refractivity contribution in [1.29, 1.82) is 0 Å². The third-order valence-corrected chi connectivity index (χ3v) is 5.79. The standard InChI is InChI=1S/C19H25NS/c1-2-13-20-18(15-17-10-6-14-21-17)19(11-7-12-19)16-8-4-3-5-9-16/h3-6,8-10,14,18,20H,2,7,11-13,15H2,1H3. The summed E-state index contributed by atoms with van der Waals surface area (Å²) in [6.45, 7) is 3.37. The van der Waals surface area contributed by atoms with Crippen LogP contribution in [0.2, 0.25) is 0 Å². The lowest BCUT2D eigenvalue weighted by molar-refractivity contribution is 0.168. The number of hydrogen-bond acceptors (Lipinski definition) is 2. The van der Waals surface area contributed by atoms with Crippen molar-refractivity contribution in [2.24, 2.45) is 0 Å². The number of rotatable bonds is 7. The molecule has 1 unspecified atom stereocenters. The molecule has 1 saturated carbocycles. The van der Waals surface area contributed by atoms with Gasteiger partial charge in [-0.05, 0) is 49.2 Å². The highest BCUT2D eigenvalue weighted by molar-refractivity contribution is 7.09. The Bertz CT molecular complexity index is 528. The van der Waals surface area contributed by atoms with Gasteiger partial charge in [0.15, 0.2) is 0 Å². The molecule has 1 aliphatic carbocycles. The van der Waals surface area contributed by atoms with Gasteiger partial charge in [-0.1, -0.05) is 49.7 Å². The van der Waals surface area contributed by atoms with Crippen molar-refractivity contribution >= 4 is 11.3 Å². The fraction of sp³-hybridized carbons (Fsp3) is 0.474. The molecular formula is C19H25NS. The van der Waals surface area contributed by atoms with E-state index < -0.39 is 0 Å². The normalized spacial score (nSPS) is 18.1. The minimum Gasteiger partial charge on any atom is -0.313 e. The highest BCUT2D eigenvalue weighted by Crippen LogP contribution is 2.47. The molecule has 1 aliphatic rings. The molecule has 2 aromatic rings. The quantitative estimate of drug-likeness (QED) is 0.776. The lowest BCUT2D eigenvalue weighted by Crippen LogP contribution is -2.54. The van der Waals surface area contributed by atoms with Crippen LogP contribution in [-0.2, 0) is 11.8 Å². The zero-order valence-electron chi connectivity index (χ0n) is 12.8. The maximum Gasteiger partial charge on any atom is 0.0212 e. The summed E-state index contributed by atoms with van der Waals surface area (Å²) < 4.78 is 0. The van der Waals surface area contributed by atoms with Gasteiger partial charge in [-0.3, -0.25) is 0 Å². The maximum atomic E-state index is 3.86. The van der Waals surface area contributed by atoms with Crippen molar-refractivity contribution in [2.75, 3.05) is 6.54 Å². The second kappa shape index (κ2) is 6.76. The van der Waals surface area contributed by atoms with Gasteiger partial charge in [-0.2, -0.15) is 0 Å². The van der Waals surface area contributed by atoms with Gasteiger partial charge in [0.1, 0.15) is 0 Å². The predicted octanol–water partition coefficient (Wildman–Crippen LogP) is 4.78. The van der Waals surface area contributed by atoms with Crippen molar-refractivity contribution in [1.82, 2.24) is 5.32 Å². The number of thiophene rings is 1. The van der Waals surface area contributed by atoms with Crippen LogP contribution in [0.5, 0.6) is 0 Å². The molecule has 0 amide bonds. The van der Waals surface area contributed by atoms with Gasteiger partial charge in [-0.25, -0.2) is 0 Å². The molecule has 1 N–H and O–H groups in total. The van der Waals surface area contributed by atoms with E-state index in [1.165, 1.54) is 36.1 Å². The first-order chi connectivity index (χ1) is 10.3. The topological polar surface area (TPSA) is 12.0 Å². The monoisotopic (exact) mass is 299 g/mol. The predicted molar refractivity (Wildman–Crippen MR) is 92.1 cm³/mol. The molecule has 0 spiro atoms. The van der Waals surface area contributed by atoms with Gasteiger partial charge in [-0.15, -0.1) is 11.3 Å². The second-order valence-corrected chi connectivity index (χ2v) is 7.20. The summed E-state index contributed by atoms with van der Waals surface area (Å²) in [7, 11) is 0. The second-order valence-electron chi connectivity index (χ2n) is 6.17. The number of benzene rings is 1. The van der Waals surface area contributed by atoms with Crippen LogP contribution in [0.25, 0.3) is 0 Å². The Balaban J connectivity index is 1.86. The zero-order valence-corrected chi connectivity index (χ0v) is 13.7. The highest BCUT2D eigenvalue weighted by atomic mass is 32.1. The Kier molecular flexibility index (Phi) is 4.77. The molecule has 0 bridgehead atoms. The van der Waals surface area contributed by atoms with Gasteiger partial charge in [0, 0.05) is 16.3 Å². The van der Waals surface area contributed by atoms with Crippen LogP contribution in [0.15, 0.2) is 47.8 Å². The first-order valence-corrected chi connectivity index (χ1v) is 9.04. The molecule has 1 nitrogen and oxygen atoms in total. The number of hydrogen-bond donors (Lipinski definition) is 1. The summed E-state index contributed by atoms with van der Waals surface area (Å²) in [5.74, 6) is 0. The Morgan fingerprint density at radius 1 is 1.14 bits per heavy atom. The molecule has 112 valence electrons. The van der Waals surface area contributed by atoms with Crippen LogP contribution in [0.4, 0.5) is 0 Å². The van der Waals surface area contributed by atoms with Gasteiger partial charge in [0.25, 0.3) is 0 Å². The van der Waals surface area contributed by atoms with Crippen LogP contribution < -0.4 is 5.32 Å². The summed E-state index contributed by atoms with van der Waals surface area (Å²) >= 11 is 1.89. The smallest absolute Gasteiger partial charge is 0.0212 e. The van der Waals surface area contributed by atoms with Crippen LogP contribution >= 0.6 is 11.3 Å². The fourth-order valence-corrected chi connectivity index (χ4v) is 4.33. The summed E-state index contributed by atoms with van der Waals surface area (Å²) in [4.78, 5) is 1.51. The maximum absolute atomic E-state index is 3.86. The van der Waals surface area contributed by atoms with Crippen LogP contribution in [0.3, 0.4) is 0 Å². The van der Waals surface area contributed by atoms with E-state index in [1.807, 2.05) is 11.3 Å². The summed E-state index contributed by atoms with van der Waals surface area (Å²) in [6, 6.07) is 16.2. The number of nitrogens with one attached hydrogen (secondary N) is 1. The Morgan fingerprint density at radius 2 is 1.95 bits per heavy atom. The minimum absolute atomic E-state index is 0.348. The SMILES string of the molecule is CCCNC(Cc1cccs1)C1(c2ccccc2)CCC1. The van der Waals surface area contributed by atoms with E-state index in [0.717, 1.165) is 13.0 Å². The molecule has 0 saturated heterocycles. The van der Waals surface area contributed by atoms with Gasteiger partial charge < -0.3 is 5.32 Å².